The summed E-state index contributed by atoms with van der Waals surface area (Å²) in [6.07, 6.45) is 2.93. The fourth-order valence-electron chi connectivity index (χ4n) is 3.10. The molecule has 1 N–H and O–H groups in total. The van der Waals surface area contributed by atoms with Crippen molar-refractivity contribution in [2.45, 2.75) is 38.6 Å². The van der Waals surface area contributed by atoms with Crippen LogP contribution < -0.4 is 0 Å². The van der Waals surface area contributed by atoms with Gasteiger partial charge in [-0.1, -0.05) is 19.1 Å². The van der Waals surface area contributed by atoms with E-state index in [0.717, 1.165) is 31.5 Å². The monoisotopic (exact) mass is 279 g/mol. The van der Waals surface area contributed by atoms with E-state index >= 15 is 0 Å². The third kappa shape index (κ3) is 3.79. The molecular weight excluding hydrogens is 257 g/mol. The molecule has 0 aliphatic carbocycles. The third-order valence-corrected chi connectivity index (χ3v) is 4.08. The van der Waals surface area contributed by atoms with E-state index in [2.05, 4.69) is 11.8 Å². The van der Waals surface area contributed by atoms with E-state index in [4.69, 9.17) is 5.11 Å². The van der Waals surface area contributed by atoms with Crippen LogP contribution in [0, 0.1) is 11.7 Å². The van der Waals surface area contributed by atoms with Gasteiger partial charge in [-0.2, -0.15) is 0 Å². The van der Waals surface area contributed by atoms with Gasteiger partial charge in [0.15, 0.2) is 0 Å². The summed E-state index contributed by atoms with van der Waals surface area (Å²) in [7, 11) is 0. The SMILES string of the molecule is C[C@@H]1CCN(CCCCC(=O)O)[C@@H]1c1cccc(F)c1. The molecule has 3 nitrogen and oxygen atoms in total. The first-order chi connectivity index (χ1) is 9.58. The van der Waals surface area contributed by atoms with Crippen molar-refractivity contribution in [3.8, 4) is 0 Å². The molecule has 0 aromatic heterocycles. The molecule has 0 amide bonds. The van der Waals surface area contributed by atoms with Gasteiger partial charge >= 0.3 is 5.97 Å². The molecule has 0 spiro atoms. The van der Waals surface area contributed by atoms with Crippen LogP contribution >= 0.6 is 0 Å². The molecule has 1 saturated heterocycles. The number of hydrogen-bond acceptors (Lipinski definition) is 2. The Kier molecular flexibility index (Phi) is 5.12. The van der Waals surface area contributed by atoms with Gasteiger partial charge in [-0.05, 0) is 56.0 Å². The van der Waals surface area contributed by atoms with Crippen molar-refractivity contribution in [3.63, 3.8) is 0 Å². The van der Waals surface area contributed by atoms with Crippen molar-refractivity contribution in [2.24, 2.45) is 5.92 Å². The lowest BCUT2D eigenvalue weighted by Gasteiger charge is -2.27. The Balaban J connectivity index is 1.96. The maximum absolute atomic E-state index is 13.4. The predicted octanol–water partition coefficient (Wildman–Crippen LogP) is 3.46. The summed E-state index contributed by atoms with van der Waals surface area (Å²) in [6.45, 7) is 4.10. The molecule has 2 atom stereocenters. The first kappa shape index (κ1) is 15.0. The van der Waals surface area contributed by atoms with Crippen LogP contribution in [0.25, 0.3) is 0 Å². The van der Waals surface area contributed by atoms with Crippen molar-refractivity contribution in [1.29, 1.82) is 0 Å². The molecule has 0 saturated carbocycles. The Morgan fingerprint density at radius 2 is 2.25 bits per heavy atom. The molecule has 110 valence electrons. The third-order valence-electron chi connectivity index (χ3n) is 4.08. The Labute approximate surface area is 119 Å². The average Bonchev–Trinajstić information content (AvgIpc) is 2.76. The van der Waals surface area contributed by atoms with Gasteiger partial charge in [0.1, 0.15) is 5.82 Å². The fourth-order valence-corrected chi connectivity index (χ4v) is 3.10. The number of carboxylic acid groups (broad SMARTS) is 1. The summed E-state index contributed by atoms with van der Waals surface area (Å²) < 4.78 is 13.4. The molecule has 0 radical (unpaired) electrons. The molecule has 20 heavy (non-hydrogen) atoms. The van der Waals surface area contributed by atoms with Crippen molar-refractivity contribution >= 4 is 5.97 Å². The van der Waals surface area contributed by atoms with E-state index in [1.54, 1.807) is 12.1 Å². The van der Waals surface area contributed by atoms with Crippen molar-refractivity contribution in [2.75, 3.05) is 13.1 Å². The zero-order valence-corrected chi connectivity index (χ0v) is 11.9. The minimum Gasteiger partial charge on any atom is -0.481 e. The molecule has 4 heteroatoms. The van der Waals surface area contributed by atoms with Gasteiger partial charge < -0.3 is 5.11 Å². The topological polar surface area (TPSA) is 40.5 Å². The number of carboxylic acids is 1. The average molecular weight is 279 g/mol. The van der Waals surface area contributed by atoms with E-state index < -0.39 is 5.97 Å². The first-order valence-electron chi connectivity index (χ1n) is 7.29. The number of carbonyl (C=O) groups is 1. The molecule has 1 heterocycles. The summed E-state index contributed by atoms with van der Waals surface area (Å²) in [5.74, 6) is -0.412. The Morgan fingerprint density at radius 3 is 2.95 bits per heavy atom. The van der Waals surface area contributed by atoms with Crippen LogP contribution in [0.3, 0.4) is 0 Å². The van der Waals surface area contributed by atoms with Gasteiger partial charge in [0, 0.05) is 12.5 Å². The molecule has 1 aliphatic rings. The van der Waals surface area contributed by atoms with Crippen molar-refractivity contribution < 1.29 is 14.3 Å². The fraction of sp³-hybridized carbons (Fsp3) is 0.562. The smallest absolute Gasteiger partial charge is 0.303 e. The van der Waals surface area contributed by atoms with E-state index in [1.807, 2.05) is 6.07 Å². The molecule has 1 aromatic rings. The van der Waals surface area contributed by atoms with Crippen LogP contribution in [-0.4, -0.2) is 29.1 Å². The van der Waals surface area contributed by atoms with E-state index in [0.29, 0.717) is 12.3 Å². The lowest BCUT2D eigenvalue weighted by molar-refractivity contribution is -0.137. The lowest BCUT2D eigenvalue weighted by Crippen LogP contribution is -2.26. The summed E-state index contributed by atoms with van der Waals surface area (Å²) in [6, 6.07) is 7.10. The number of aliphatic carboxylic acids is 1. The Hall–Kier alpha value is -1.42. The van der Waals surface area contributed by atoms with Gasteiger partial charge in [0.2, 0.25) is 0 Å². The van der Waals surface area contributed by atoms with Gasteiger partial charge in [-0.25, -0.2) is 4.39 Å². The van der Waals surface area contributed by atoms with Crippen LogP contribution in [0.1, 0.15) is 44.2 Å². The number of halogens is 1. The highest BCUT2D eigenvalue weighted by Gasteiger charge is 2.31. The number of benzene rings is 1. The summed E-state index contributed by atoms with van der Waals surface area (Å²) in [5.41, 5.74) is 1.04. The van der Waals surface area contributed by atoms with Crippen LogP contribution in [-0.2, 0) is 4.79 Å². The lowest BCUT2D eigenvalue weighted by atomic mass is 9.95. The molecule has 2 rings (SSSR count). The number of unbranched alkanes of at least 4 members (excludes halogenated alkanes) is 1. The highest BCUT2D eigenvalue weighted by molar-refractivity contribution is 5.66. The Bertz CT molecular complexity index is 464. The van der Waals surface area contributed by atoms with Crippen LogP contribution in [0.15, 0.2) is 24.3 Å². The van der Waals surface area contributed by atoms with Crippen molar-refractivity contribution in [1.82, 2.24) is 4.90 Å². The van der Waals surface area contributed by atoms with E-state index in [1.165, 1.54) is 6.07 Å². The van der Waals surface area contributed by atoms with Crippen molar-refractivity contribution in [3.05, 3.63) is 35.6 Å². The molecule has 1 aliphatic heterocycles. The number of likely N-dealkylation sites (tertiary alicyclic amines) is 1. The molecule has 0 bridgehead atoms. The van der Waals surface area contributed by atoms with E-state index in [-0.39, 0.29) is 18.3 Å². The number of rotatable bonds is 6. The summed E-state index contributed by atoms with van der Waals surface area (Å²) in [4.78, 5) is 12.9. The standard InChI is InChI=1S/C16H22FNO2/c1-12-8-10-18(9-3-2-7-15(19)20)16(12)13-5-4-6-14(17)11-13/h4-6,11-12,16H,2-3,7-10H2,1H3,(H,19,20)/t12-,16+/m1/s1. The second-order valence-corrected chi connectivity index (χ2v) is 5.65. The summed E-state index contributed by atoms with van der Waals surface area (Å²) >= 11 is 0. The van der Waals surface area contributed by atoms with Gasteiger partial charge in [-0.3, -0.25) is 9.69 Å². The predicted molar refractivity (Wildman–Crippen MR) is 76.0 cm³/mol. The highest BCUT2D eigenvalue weighted by atomic mass is 19.1. The first-order valence-corrected chi connectivity index (χ1v) is 7.29. The highest BCUT2D eigenvalue weighted by Crippen LogP contribution is 2.37. The number of hydrogen-bond donors (Lipinski definition) is 1. The van der Waals surface area contributed by atoms with Gasteiger partial charge in [0.05, 0.1) is 0 Å². The maximum Gasteiger partial charge on any atom is 0.303 e. The quantitative estimate of drug-likeness (QED) is 0.811. The van der Waals surface area contributed by atoms with Crippen LogP contribution in [0.4, 0.5) is 4.39 Å². The largest absolute Gasteiger partial charge is 0.481 e. The zero-order valence-electron chi connectivity index (χ0n) is 11.9. The number of nitrogens with zero attached hydrogens (tertiary/aromatic N) is 1. The second-order valence-electron chi connectivity index (χ2n) is 5.65. The zero-order chi connectivity index (χ0) is 14.5. The maximum atomic E-state index is 13.4. The molecule has 1 fully saturated rings. The molecular formula is C16H22FNO2. The van der Waals surface area contributed by atoms with Crippen LogP contribution in [0.2, 0.25) is 0 Å². The molecule has 0 unspecified atom stereocenters. The normalized spacial score (nSPS) is 23.1. The minimum absolute atomic E-state index is 0.188. The summed E-state index contributed by atoms with van der Waals surface area (Å²) in [5, 5.41) is 8.65. The van der Waals surface area contributed by atoms with Crippen LogP contribution in [0.5, 0.6) is 0 Å². The minimum atomic E-state index is -0.735. The Morgan fingerprint density at radius 1 is 1.45 bits per heavy atom. The van der Waals surface area contributed by atoms with Gasteiger partial charge in [0.25, 0.3) is 0 Å². The van der Waals surface area contributed by atoms with E-state index in [9.17, 15) is 9.18 Å². The van der Waals surface area contributed by atoms with Gasteiger partial charge in [-0.15, -0.1) is 0 Å². The second kappa shape index (κ2) is 6.84. The molecule has 1 aromatic carbocycles.